The highest BCUT2D eigenvalue weighted by atomic mass is 35.5. The summed E-state index contributed by atoms with van der Waals surface area (Å²) in [7, 11) is 0. The predicted molar refractivity (Wildman–Crippen MR) is 71.8 cm³/mol. The summed E-state index contributed by atoms with van der Waals surface area (Å²) in [5, 5.41) is 3.16. The fourth-order valence-electron chi connectivity index (χ4n) is 1.57. The first-order valence-corrected chi connectivity index (χ1v) is 6.43. The Kier molecular flexibility index (Phi) is 5.00. The Balaban J connectivity index is 2.92. The monoisotopic (exact) mass is 257 g/mol. The van der Waals surface area contributed by atoms with Crippen molar-refractivity contribution in [1.82, 2.24) is 9.55 Å². The van der Waals surface area contributed by atoms with Gasteiger partial charge >= 0.3 is 0 Å². The van der Waals surface area contributed by atoms with E-state index >= 15 is 0 Å². The number of halogens is 1. The normalized spacial score (nSPS) is 11.5. The third-order valence-electron chi connectivity index (χ3n) is 2.55. The Bertz CT molecular complexity index is 414. The molecule has 96 valence electrons. The summed E-state index contributed by atoms with van der Waals surface area (Å²) in [5.41, 5.74) is -0.295. The molecule has 0 fully saturated rings. The summed E-state index contributed by atoms with van der Waals surface area (Å²) in [6.07, 6.45) is 5.06. The summed E-state index contributed by atoms with van der Waals surface area (Å²) in [6, 6.07) is 0. The van der Waals surface area contributed by atoms with Gasteiger partial charge < -0.3 is 9.88 Å². The van der Waals surface area contributed by atoms with E-state index in [0.717, 1.165) is 12.8 Å². The Morgan fingerprint density at radius 2 is 2.24 bits per heavy atom. The maximum atomic E-state index is 12.0. The molecular weight excluding hydrogens is 238 g/mol. The molecule has 0 bridgehead atoms. The number of nitrogens with zero attached hydrogens (tertiary/aromatic N) is 2. The van der Waals surface area contributed by atoms with Crippen molar-refractivity contribution >= 4 is 17.4 Å². The molecule has 1 N–H and O–H groups in total. The SMILES string of the molecule is CCCn1ccnc(NC(C)(C)CCCl)c1=O. The lowest BCUT2D eigenvalue weighted by molar-refractivity contribution is 0.543. The lowest BCUT2D eigenvalue weighted by Gasteiger charge is -2.25. The zero-order valence-corrected chi connectivity index (χ0v) is 11.4. The maximum Gasteiger partial charge on any atom is 0.293 e. The van der Waals surface area contributed by atoms with E-state index < -0.39 is 0 Å². The highest BCUT2D eigenvalue weighted by molar-refractivity contribution is 6.17. The maximum absolute atomic E-state index is 12.0. The van der Waals surface area contributed by atoms with Crippen LogP contribution in [0.25, 0.3) is 0 Å². The fraction of sp³-hybridized carbons (Fsp3) is 0.667. The van der Waals surface area contributed by atoms with Gasteiger partial charge in [0, 0.05) is 30.4 Å². The van der Waals surface area contributed by atoms with Crippen LogP contribution in [0.3, 0.4) is 0 Å². The van der Waals surface area contributed by atoms with Crippen LogP contribution in [-0.4, -0.2) is 21.0 Å². The van der Waals surface area contributed by atoms with E-state index in [2.05, 4.69) is 10.3 Å². The second kappa shape index (κ2) is 6.05. The first-order chi connectivity index (χ1) is 8.00. The van der Waals surface area contributed by atoms with Crippen molar-refractivity contribution in [1.29, 1.82) is 0 Å². The minimum Gasteiger partial charge on any atom is -0.361 e. The lowest BCUT2D eigenvalue weighted by Crippen LogP contribution is -2.36. The van der Waals surface area contributed by atoms with Gasteiger partial charge in [-0.2, -0.15) is 0 Å². The Hall–Kier alpha value is -1.03. The number of aryl methyl sites for hydroxylation is 1. The zero-order valence-electron chi connectivity index (χ0n) is 10.7. The summed E-state index contributed by atoms with van der Waals surface area (Å²) in [5.74, 6) is 0.951. The van der Waals surface area contributed by atoms with Crippen LogP contribution in [0.5, 0.6) is 0 Å². The molecule has 0 spiro atoms. The Labute approximate surface area is 107 Å². The van der Waals surface area contributed by atoms with Gasteiger partial charge in [0.2, 0.25) is 0 Å². The Morgan fingerprint density at radius 1 is 1.53 bits per heavy atom. The minimum absolute atomic E-state index is 0.0722. The molecule has 0 saturated carbocycles. The Morgan fingerprint density at radius 3 is 2.82 bits per heavy atom. The molecule has 0 aliphatic carbocycles. The molecule has 0 amide bonds. The van der Waals surface area contributed by atoms with E-state index in [1.807, 2.05) is 20.8 Å². The quantitative estimate of drug-likeness (QED) is 0.797. The molecule has 0 saturated heterocycles. The molecule has 1 heterocycles. The molecule has 4 nitrogen and oxygen atoms in total. The van der Waals surface area contributed by atoms with Gasteiger partial charge in [-0.1, -0.05) is 6.92 Å². The molecule has 0 unspecified atom stereocenters. The van der Waals surface area contributed by atoms with E-state index in [4.69, 9.17) is 11.6 Å². The van der Waals surface area contributed by atoms with Crippen molar-refractivity contribution in [2.75, 3.05) is 11.2 Å². The smallest absolute Gasteiger partial charge is 0.293 e. The van der Waals surface area contributed by atoms with E-state index in [0.29, 0.717) is 18.2 Å². The largest absolute Gasteiger partial charge is 0.361 e. The van der Waals surface area contributed by atoms with Crippen molar-refractivity contribution < 1.29 is 0 Å². The van der Waals surface area contributed by atoms with Crippen LogP contribution in [0, 0.1) is 0 Å². The van der Waals surface area contributed by atoms with Crippen LogP contribution in [0.4, 0.5) is 5.82 Å². The van der Waals surface area contributed by atoms with Crippen LogP contribution in [0.2, 0.25) is 0 Å². The van der Waals surface area contributed by atoms with Crippen molar-refractivity contribution in [2.45, 2.75) is 45.7 Å². The molecule has 0 radical (unpaired) electrons. The molecule has 0 atom stereocenters. The molecule has 5 heteroatoms. The van der Waals surface area contributed by atoms with Gasteiger partial charge in [-0.25, -0.2) is 4.98 Å². The second-order valence-corrected chi connectivity index (χ2v) is 5.10. The number of nitrogens with one attached hydrogen (secondary N) is 1. The van der Waals surface area contributed by atoms with Crippen LogP contribution >= 0.6 is 11.6 Å². The van der Waals surface area contributed by atoms with Crippen molar-refractivity contribution in [3.05, 3.63) is 22.7 Å². The first-order valence-electron chi connectivity index (χ1n) is 5.90. The highest BCUT2D eigenvalue weighted by Gasteiger charge is 2.19. The number of hydrogen-bond donors (Lipinski definition) is 1. The average molecular weight is 258 g/mol. The summed E-state index contributed by atoms with van der Waals surface area (Å²) in [4.78, 5) is 16.1. The second-order valence-electron chi connectivity index (χ2n) is 4.72. The number of anilines is 1. The molecule has 0 aliphatic heterocycles. The van der Waals surface area contributed by atoms with Crippen molar-refractivity contribution in [3.8, 4) is 0 Å². The van der Waals surface area contributed by atoms with Gasteiger partial charge in [0.05, 0.1) is 0 Å². The number of rotatable bonds is 6. The van der Waals surface area contributed by atoms with Gasteiger partial charge in [0.1, 0.15) is 0 Å². The van der Waals surface area contributed by atoms with E-state index in [9.17, 15) is 4.79 Å². The highest BCUT2D eigenvalue weighted by Crippen LogP contribution is 2.14. The molecule has 0 aromatic carbocycles. The van der Waals surface area contributed by atoms with Crippen molar-refractivity contribution in [2.24, 2.45) is 0 Å². The first kappa shape index (κ1) is 14.0. The third kappa shape index (κ3) is 4.04. The van der Waals surface area contributed by atoms with Gasteiger partial charge in [-0.15, -0.1) is 11.6 Å². The molecule has 17 heavy (non-hydrogen) atoms. The lowest BCUT2D eigenvalue weighted by atomic mass is 10.0. The van der Waals surface area contributed by atoms with Gasteiger partial charge in [-0.05, 0) is 26.7 Å². The van der Waals surface area contributed by atoms with Crippen LogP contribution in [0.15, 0.2) is 17.2 Å². The number of hydrogen-bond acceptors (Lipinski definition) is 3. The van der Waals surface area contributed by atoms with Gasteiger partial charge in [-0.3, -0.25) is 4.79 Å². The number of alkyl halides is 1. The standard InChI is InChI=1S/C12H20ClN3O/c1-4-8-16-9-7-14-10(11(16)17)15-12(2,3)5-6-13/h7,9H,4-6,8H2,1-3H3,(H,14,15). The molecule has 0 aliphatic rings. The van der Waals surface area contributed by atoms with E-state index in [-0.39, 0.29) is 11.1 Å². The van der Waals surface area contributed by atoms with Gasteiger partial charge in [0.25, 0.3) is 5.56 Å². The van der Waals surface area contributed by atoms with Crippen LogP contribution < -0.4 is 10.9 Å². The average Bonchev–Trinajstić information content (AvgIpc) is 2.24. The fourth-order valence-corrected chi connectivity index (χ4v) is 2.04. The molecule has 1 aromatic heterocycles. The van der Waals surface area contributed by atoms with Crippen LogP contribution in [0.1, 0.15) is 33.6 Å². The van der Waals surface area contributed by atoms with Crippen LogP contribution in [-0.2, 0) is 6.54 Å². The minimum atomic E-state index is -0.223. The summed E-state index contributed by atoms with van der Waals surface area (Å²) >= 11 is 5.73. The molecule has 1 rings (SSSR count). The summed E-state index contributed by atoms with van der Waals surface area (Å²) < 4.78 is 1.67. The van der Waals surface area contributed by atoms with Crippen molar-refractivity contribution in [3.63, 3.8) is 0 Å². The van der Waals surface area contributed by atoms with E-state index in [1.54, 1.807) is 17.0 Å². The molecular formula is C12H20ClN3O. The molecule has 1 aromatic rings. The van der Waals surface area contributed by atoms with Gasteiger partial charge in [0.15, 0.2) is 5.82 Å². The summed E-state index contributed by atoms with van der Waals surface area (Å²) in [6.45, 7) is 6.77. The van der Waals surface area contributed by atoms with E-state index in [1.165, 1.54) is 0 Å². The topological polar surface area (TPSA) is 46.9 Å². The zero-order chi connectivity index (χ0) is 12.9. The third-order valence-corrected chi connectivity index (χ3v) is 2.74. The predicted octanol–water partition coefficient (Wildman–Crippen LogP) is 2.47. The number of aromatic nitrogens is 2.